The SMILES string of the molecule is CC(=O)N1CCCCCCCCN(C(=O)c2c(Cl)cccc2Cl)Cc2ccccc21. The number of fused-ring (bicyclic) bond motifs is 1. The predicted octanol–water partition coefficient (Wildman–Crippen LogP) is 6.34. The second kappa shape index (κ2) is 10.8. The Kier molecular flexibility index (Phi) is 8.17. The van der Waals surface area contributed by atoms with Gasteiger partial charge in [-0.2, -0.15) is 0 Å². The second-order valence-electron chi connectivity index (χ2n) is 7.74. The van der Waals surface area contributed by atoms with E-state index >= 15 is 0 Å². The summed E-state index contributed by atoms with van der Waals surface area (Å²) in [4.78, 5) is 29.5. The number of hydrogen-bond acceptors (Lipinski definition) is 2. The average Bonchev–Trinajstić information content (AvgIpc) is 2.73. The van der Waals surface area contributed by atoms with Crippen molar-refractivity contribution in [1.29, 1.82) is 0 Å². The number of nitrogens with zero attached hydrogens (tertiary/aromatic N) is 2. The fourth-order valence-electron chi connectivity index (χ4n) is 3.95. The Bertz CT molecular complexity index is 880. The zero-order chi connectivity index (χ0) is 21.5. The minimum Gasteiger partial charge on any atom is -0.334 e. The summed E-state index contributed by atoms with van der Waals surface area (Å²) in [5, 5.41) is 0.711. The van der Waals surface area contributed by atoms with E-state index in [-0.39, 0.29) is 11.8 Å². The van der Waals surface area contributed by atoms with Crippen LogP contribution in [0.15, 0.2) is 42.5 Å². The summed E-state index contributed by atoms with van der Waals surface area (Å²) >= 11 is 12.6. The van der Waals surface area contributed by atoms with E-state index < -0.39 is 0 Å². The van der Waals surface area contributed by atoms with Gasteiger partial charge in [-0.05, 0) is 36.6 Å². The lowest BCUT2D eigenvalue weighted by Gasteiger charge is -2.28. The van der Waals surface area contributed by atoms with E-state index in [9.17, 15) is 9.59 Å². The Morgan fingerprint density at radius 3 is 2.07 bits per heavy atom. The van der Waals surface area contributed by atoms with Gasteiger partial charge in [0.2, 0.25) is 5.91 Å². The maximum atomic E-state index is 13.4. The molecule has 2 amide bonds. The molecule has 3 rings (SSSR count). The Balaban J connectivity index is 1.98. The van der Waals surface area contributed by atoms with Crippen LogP contribution in [0.2, 0.25) is 10.0 Å². The highest BCUT2D eigenvalue weighted by molar-refractivity contribution is 6.39. The molecule has 1 heterocycles. The predicted molar refractivity (Wildman–Crippen MR) is 123 cm³/mol. The number of carbonyl (C=O) groups is 2. The summed E-state index contributed by atoms with van der Waals surface area (Å²) in [6, 6.07) is 12.9. The Labute approximate surface area is 188 Å². The first kappa shape index (κ1) is 22.6. The summed E-state index contributed by atoms with van der Waals surface area (Å²) in [5.41, 5.74) is 2.15. The van der Waals surface area contributed by atoms with E-state index in [2.05, 4.69) is 0 Å². The maximum Gasteiger partial charge on any atom is 0.257 e. The first-order valence-electron chi connectivity index (χ1n) is 10.6. The summed E-state index contributed by atoms with van der Waals surface area (Å²) in [6.07, 6.45) is 6.33. The van der Waals surface area contributed by atoms with Gasteiger partial charge in [0.25, 0.3) is 5.91 Å². The second-order valence-corrected chi connectivity index (χ2v) is 8.56. The van der Waals surface area contributed by atoms with Crippen LogP contribution in [0.5, 0.6) is 0 Å². The Morgan fingerprint density at radius 2 is 1.40 bits per heavy atom. The van der Waals surface area contributed by atoms with Crippen LogP contribution in [0.25, 0.3) is 0 Å². The Hall–Kier alpha value is -2.04. The van der Waals surface area contributed by atoms with E-state index in [4.69, 9.17) is 23.2 Å². The molecule has 0 bridgehead atoms. The number of halogens is 2. The number of hydrogen-bond donors (Lipinski definition) is 0. The quantitative estimate of drug-likeness (QED) is 0.512. The highest BCUT2D eigenvalue weighted by atomic mass is 35.5. The molecule has 0 N–H and O–H groups in total. The normalized spacial score (nSPS) is 16.1. The van der Waals surface area contributed by atoms with Crippen molar-refractivity contribution < 1.29 is 9.59 Å². The molecule has 30 heavy (non-hydrogen) atoms. The minimum absolute atomic E-state index is 0.0179. The smallest absolute Gasteiger partial charge is 0.257 e. The lowest BCUT2D eigenvalue weighted by molar-refractivity contribution is -0.116. The molecule has 2 aromatic carbocycles. The third-order valence-electron chi connectivity index (χ3n) is 5.55. The molecule has 0 aromatic heterocycles. The maximum absolute atomic E-state index is 13.4. The van der Waals surface area contributed by atoms with Gasteiger partial charge in [0.1, 0.15) is 0 Å². The van der Waals surface area contributed by atoms with Gasteiger partial charge in [-0.1, -0.05) is 73.2 Å². The summed E-state index contributed by atoms with van der Waals surface area (Å²) in [7, 11) is 0. The standard InChI is InChI=1S/C24H28Cl2N2O2/c1-18(29)28-16-9-5-3-2-4-8-15-27(17-19-11-6-7-14-22(19)28)24(30)23-20(25)12-10-13-21(23)26/h6-7,10-14H,2-5,8-9,15-17H2,1H3. The molecule has 1 aliphatic rings. The zero-order valence-corrected chi connectivity index (χ0v) is 18.9. The highest BCUT2D eigenvalue weighted by Gasteiger charge is 2.24. The zero-order valence-electron chi connectivity index (χ0n) is 17.4. The van der Waals surface area contributed by atoms with Crippen LogP contribution in [0.4, 0.5) is 5.69 Å². The monoisotopic (exact) mass is 446 g/mol. The molecule has 160 valence electrons. The van der Waals surface area contributed by atoms with Crippen molar-refractivity contribution in [2.75, 3.05) is 18.0 Å². The van der Waals surface area contributed by atoms with Crippen molar-refractivity contribution in [1.82, 2.24) is 4.90 Å². The van der Waals surface area contributed by atoms with Gasteiger partial charge in [-0.15, -0.1) is 0 Å². The molecular formula is C24H28Cl2N2O2. The van der Waals surface area contributed by atoms with Gasteiger partial charge in [0.05, 0.1) is 15.6 Å². The molecule has 2 aromatic rings. The van der Waals surface area contributed by atoms with E-state index in [0.29, 0.717) is 35.2 Å². The summed E-state index contributed by atoms with van der Waals surface area (Å²) in [6.45, 7) is 3.31. The van der Waals surface area contributed by atoms with Crippen molar-refractivity contribution in [2.24, 2.45) is 0 Å². The number of rotatable bonds is 1. The summed E-state index contributed by atoms with van der Waals surface area (Å²) < 4.78 is 0. The minimum atomic E-state index is -0.176. The van der Waals surface area contributed by atoms with Crippen molar-refractivity contribution in [3.05, 3.63) is 63.6 Å². The van der Waals surface area contributed by atoms with E-state index in [1.54, 1.807) is 25.1 Å². The molecule has 4 nitrogen and oxygen atoms in total. The van der Waals surface area contributed by atoms with Gasteiger partial charge in [0, 0.05) is 32.2 Å². The van der Waals surface area contributed by atoms with Crippen LogP contribution in [0, 0.1) is 0 Å². The van der Waals surface area contributed by atoms with Gasteiger partial charge in [-0.3, -0.25) is 9.59 Å². The van der Waals surface area contributed by atoms with Crippen LogP contribution >= 0.6 is 23.2 Å². The molecule has 0 aliphatic carbocycles. The van der Waals surface area contributed by atoms with Crippen LogP contribution < -0.4 is 4.90 Å². The molecule has 0 radical (unpaired) electrons. The van der Waals surface area contributed by atoms with Crippen molar-refractivity contribution >= 4 is 40.7 Å². The lowest BCUT2D eigenvalue weighted by Crippen LogP contribution is -2.34. The topological polar surface area (TPSA) is 40.6 Å². The van der Waals surface area contributed by atoms with Crippen LogP contribution in [0.3, 0.4) is 0 Å². The fraction of sp³-hybridized carbons (Fsp3) is 0.417. The summed E-state index contributed by atoms with van der Waals surface area (Å²) in [5.74, 6) is -0.158. The van der Waals surface area contributed by atoms with Crippen LogP contribution in [0.1, 0.15) is 61.4 Å². The molecule has 0 saturated heterocycles. The molecular weight excluding hydrogens is 419 g/mol. The fourth-order valence-corrected chi connectivity index (χ4v) is 4.51. The van der Waals surface area contributed by atoms with Crippen molar-refractivity contribution in [2.45, 2.75) is 52.0 Å². The van der Waals surface area contributed by atoms with Gasteiger partial charge >= 0.3 is 0 Å². The average molecular weight is 447 g/mol. The van der Waals surface area contributed by atoms with Crippen LogP contribution in [-0.2, 0) is 11.3 Å². The number of anilines is 1. The molecule has 0 saturated carbocycles. The first-order valence-corrected chi connectivity index (χ1v) is 11.3. The van der Waals surface area contributed by atoms with Gasteiger partial charge in [0.15, 0.2) is 0 Å². The Morgan fingerprint density at radius 1 is 0.800 bits per heavy atom. The number of carbonyl (C=O) groups excluding carboxylic acids is 2. The molecule has 0 spiro atoms. The largest absolute Gasteiger partial charge is 0.334 e. The van der Waals surface area contributed by atoms with Crippen molar-refractivity contribution in [3.63, 3.8) is 0 Å². The van der Waals surface area contributed by atoms with Gasteiger partial charge in [-0.25, -0.2) is 0 Å². The highest BCUT2D eigenvalue weighted by Crippen LogP contribution is 2.29. The third kappa shape index (κ3) is 5.55. The first-order chi connectivity index (χ1) is 14.5. The molecule has 0 unspecified atom stereocenters. The third-order valence-corrected chi connectivity index (χ3v) is 6.18. The van der Waals surface area contributed by atoms with Crippen molar-refractivity contribution in [3.8, 4) is 0 Å². The number of para-hydroxylation sites is 1. The molecule has 0 atom stereocenters. The molecule has 1 aliphatic heterocycles. The molecule has 6 heteroatoms. The molecule has 0 fully saturated rings. The van der Waals surface area contributed by atoms with Gasteiger partial charge < -0.3 is 9.80 Å². The lowest BCUT2D eigenvalue weighted by atomic mass is 10.1. The van der Waals surface area contributed by atoms with E-state index in [1.165, 1.54) is 0 Å². The van der Waals surface area contributed by atoms with E-state index in [1.807, 2.05) is 34.1 Å². The van der Waals surface area contributed by atoms with Crippen LogP contribution in [-0.4, -0.2) is 29.8 Å². The van der Waals surface area contributed by atoms with E-state index in [0.717, 1.165) is 49.8 Å². The number of amides is 2. The number of benzene rings is 2.